The standard InChI is InChI=1S/C9H10O3/c10-4-7-2-1-3-8(5-11)9(7)6-12/h1-3,6,10-11H,4-5H2. The number of benzene rings is 1. The predicted molar refractivity (Wildman–Crippen MR) is 43.7 cm³/mol. The largest absolute Gasteiger partial charge is 0.392 e. The van der Waals surface area contributed by atoms with Crippen LogP contribution in [0.1, 0.15) is 21.5 Å². The van der Waals surface area contributed by atoms with E-state index >= 15 is 0 Å². The van der Waals surface area contributed by atoms with E-state index in [1.165, 1.54) is 0 Å². The highest BCUT2D eigenvalue weighted by molar-refractivity contribution is 5.79. The van der Waals surface area contributed by atoms with Gasteiger partial charge in [-0.05, 0) is 11.1 Å². The number of hydrogen-bond acceptors (Lipinski definition) is 3. The molecular weight excluding hydrogens is 156 g/mol. The van der Waals surface area contributed by atoms with Crippen LogP contribution in [-0.4, -0.2) is 16.5 Å². The van der Waals surface area contributed by atoms with E-state index in [2.05, 4.69) is 0 Å². The molecule has 1 aromatic carbocycles. The minimum absolute atomic E-state index is 0.179. The molecule has 0 aliphatic rings. The summed E-state index contributed by atoms with van der Waals surface area (Å²) in [6.07, 6.45) is 0.650. The van der Waals surface area contributed by atoms with Gasteiger partial charge in [-0.25, -0.2) is 0 Å². The molecule has 0 aromatic heterocycles. The summed E-state index contributed by atoms with van der Waals surface area (Å²) in [6, 6.07) is 5.01. The van der Waals surface area contributed by atoms with Crippen LogP contribution < -0.4 is 0 Å². The van der Waals surface area contributed by atoms with E-state index in [1.807, 2.05) is 0 Å². The highest BCUT2D eigenvalue weighted by atomic mass is 16.3. The van der Waals surface area contributed by atoms with Crippen molar-refractivity contribution < 1.29 is 15.0 Å². The van der Waals surface area contributed by atoms with Crippen molar-refractivity contribution in [1.29, 1.82) is 0 Å². The molecule has 12 heavy (non-hydrogen) atoms. The number of hydrogen-bond donors (Lipinski definition) is 2. The highest BCUT2D eigenvalue weighted by Gasteiger charge is 2.04. The fraction of sp³-hybridized carbons (Fsp3) is 0.222. The summed E-state index contributed by atoms with van der Waals surface area (Å²) >= 11 is 0. The van der Waals surface area contributed by atoms with Gasteiger partial charge < -0.3 is 10.2 Å². The Morgan fingerprint density at radius 2 is 1.67 bits per heavy atom. The molecule has 3 nitrogen and oxygen atoms in total. The van der Waals surface area contributed by atoms with Crippen molar-refractivity contribution in [1.82, 2.24) is 0 Å². The van der Waals surface area contributed by atoms with Crippen molar-refractivity contribution in [2.45, 2.75) is 13.2 Å². The molecule has 0 atom stereocenters. The molecular formula is C9H10O3. The first-order valence-electron chi connectivity index (χ1n) is 3.61. The second kappa shape index (κ2) is 3.99. The third-order valence-electron chi connectivity index (χ3n) is 1.75. The van der Waals surface area contributed by atoms with Crippen LogP contribution in [0.5, 0.6) is 0 Å². The molecule has 3 heteroatoms. The van der Waals surface area contributed by atoms with E-state index < -0.39 is 0 Å². The first-order chi connectivity index (χ1) is 5.83. The maximum absolute atomic E-state index is 10.5. The van der Waals surface area contributed by atoms with Crippen LogP contribution in [-0.2, 0) is 13.2 Å². The van der Waals surface area contributed by atoms with Gasteiger partial charge in [0, 0.05) is 5.56 Å². The SMILES string of the molecule is O=Cc1c(CO)cccc1CO. The average molecular weight is 166 g/mol. The summed E-state index contributed by atoms with van der Waals surface area (Å²) in [5.41, 5.74) is 1.50. The fourth-order valence-electron chi connectivity index (χ4n) is 1.09. The molecule has 0 unspecified atom stereocenters. The first-order valence-corrected chi connectivity index (χ1v) is 3.61. The summed E-state index contributed by atoms with van der Waals surface area (Å²) in [5.74, 6) is 0. The Hall–Kier alpha value is -1.19. The summed E-state index contributed by atoms with van der Waals surface area (Å²) in [5, 5.41) is 17.7. The van der Waals surface area contributed by atoms with E-state index in [4.69, 9.17) is 10.2 Å². The topological polar surface area (TPSA) is 57.5 Å². The lowest BCUT2D eigenvalue weighted by atomic mass is 10.0. The maximum Gasteiger partial charge on any atom is 0.150 e. The molecule has 0 fully saturated rings. The molecule has 0 saturated carbocycles. The zero-order valence-electron chi connectivity index (χ0n) is 6.53. The second-order valence-electron chi connectivity index (χ2n) is 2.42. The van der Waals surface area contributed by atoms with Gasteiger partial charge in [0.15, 0.2) is 6.29 Å². The Labute approximate surface area is 70.3 Å². The molecule has 0 aliphatic heterocycles. The molecule has 0 heterocycles. The van der Waals surface area contributed by atoms with E-state index in [1.54, 1.807) is 18.2 Å². The average Bonchev–Trinajstić information content (AvgIpc) is 2.16. The van der Waals surface area contributed by atoms with Crippen LogP contribution in [0.3, 0.4) is 0 Å². The molecule has 0 aliphatic carbocycles. The third-order valence-corrected chi connectivity index (χ3v) is 1.75. The molecule has 0 spiro atoms. The zero-order chi connectivity index (χ0) is 8.97. The van der Waals surface area contributed by atoms with Gasteiger partial charge in [0.1, 0.15) is 0 Å². The molecule has 1 aromatic rings. The normalized spacial score (nSPS) is 9.83. The van der Waals surface area contributed by atoms with Gasteiger partial charge in [-0.15, -0.1) is 0 Å². The van der Waals surface area contributed by atoms with Gasteiger partial charge in [-0.1, -0.05) is 18.2 Å². The summed E-state index contributed by atoms with van der Waals surface area (Å²) in [7, 11) is 0. The molecule has 0 radical (unpaired) electrons. The Bertz CT molecular complexity index is 259. The van der Waals surface area contributed by atoms with Crippen LogP contribution in [0.4, 0.5) is 0 Å². The number of aldehydes is 1. The summed E-state index contributed by atoms with van der Waals surface area (Å²) in [6.45, 7) is -0.357. The lowest BCUT2D eigenvalue weighted by Crippen LogP contribution is -1.98. The minimum Gasteiger partial charge on any atom is -0.392 e. The maximum atomic E-state index is 10.5. The van der Waals surface area contributed by atoms with Crippen molar-refractivity contribution in [3.8, 4) is 0 Å². The number of rotatable bonds is 3. The zero-order valence-corrected chi connectivity index (χ0v) is 6.53. The number of carbonyl (C=O) groups is 1. The molecule has 2 N–H and O–H groups in total. The molecule has 0 bridgehead atoms. The van der Waals surface area contributed by atoms with Crippen molar-refractivity contribution in [2.24, 2.45) is 0 Å². The molecule has 64 valence electrons. The Morgan fingerprint density at radius 1 is 1.17 bits per heavy atom. The lowest BCUT2D eigenvalue weighted by Gasteiger charge is -2.04. The van der Waals surface area contributed by atoms with Crippen molar-refractivity contribution in [3.05, 3.63) is 34.9 Å². The Morgan fingerprint density at radius 3 is 2.00 bits per heavy atom. The number of aliphatic hydroxyl groups is 2. The van der Waals surface area contributed by atoms with Gasteiger partial charge in [0.05, 0.1) is 13.2 Å². The van der Waals surface area contributed by atoms with Crippen LogP contribution in [0.15, 0.2) is 18.2 Å². The van der Waals surface area contributed by atoms with E-state index in [0.717, 1.165) is 0 Å². The number of carbonyl (C=O) groups excluding carboxylic acids is 1. The summed E-state index contributed by atoms with van der Waals surface area (Å²) in [4.78, 5) is 10.5. The van der Waals surface area contributed by atoms with Crippen molar-refractivity contribution >= 4 is 6.29 Å². The smallest absolute Gasteiger partial charge is 0.150 e. The monoisotopic (exact) mass is 166 g/mol. The van der Waals surface area contributed by atoms with Gasteiger partial charge in [0.2, 0.25) is 0 Å². The molecule has 0 amide bonds. The van der Waals surface area contributed by atoms with Crippen LogP contribution in [0, 0.1) is 0 Å². The van der Waals surface area contributed by atoms with Gasteiger partial charge in [-0.3, -0.25) is 4.79 Å². The summed E-state index contributed by atoms with van der Waals surface area (Å²) < 4.78 is 0. The lowest BCUT2D eigenvalue weighted by molar-refractivity contribution is 0.111. The third kappa shape index (κ3) is 1.52. The van der Waals surface area contributed by atoms with Crippen LogP contribution >= 0.6 is 0 Å². The Kier molecular flexibility index (Phi) is 2.96. The quantitative estimate of drug-likeness (QED) is 0.642. The number of aliphatic hydroxyl groups excluding tert-OH is 2. The predicted octanol–water partition coefficient (Wildman–Crippen LogP) is 0.484. The van der Waals surface area contributed by atoms with Gasteiger partial charge in [-0.2, -0.15) is 0 Å². The van der Waals surface area contributed by atoms with E-state index in [-0.39, 0.29) is 13.2 Å². The second-order valence-corrected chi connectivity index (χ2v) is 2.42. The minimum atomic E-state index is -0.179. The molecule has 1 rings (SSSR count). The Balaban J connectivity index is 3.21. The van der Waals surface area contributed by atoms with Crippen molar-refractivity contribution in [2.75, 3.05) is 0 Å². The van der Waals surface area contributed by atoms with Crippen molar-refractivity contribution in [3.63, 3.8) is 0 Å². The van der Waals surface area contributed by atoms with E-state index in [9.17, 15) is 4.79 Å². The fourth-order valence-corrected chi connectivity index (χ4v) is 1.09. The first kappa shape index (κ1) is 8.90. The molecule has 0 saturated heterocycles. The van der Waals surface area contributed by atoms with Crippen LogP contribution in [0.2, 0.25) is 0 Å². The van der Waals surface area contributed by atoms with E-state index in [0.29, 0.717) is 23.0 Å². The van der Waals surface area contributed by atoms with Gasteiger partial charge in [0.25, 0.3) is 0 Å². The van der Waals surface area contributed by atoms with Gasteiger partial charge >= 0.3 is 0 Å². The van der Waals surface area contributed by atoms with Crippen LogP contribution in [0.25, 0.3) is 0 Å². The highest BCUT2D eigenvalue weighted by Crippen LogP contribution is 2.12.